The molecule has 0 aliphatic carbocycles. The van der Waals surface area contributed by atoms with Gasteiger partial charge in [0.25, 0.3) is 0 Å². The first-order chi connectivity index (χ1) is 12.9. The summed E-state index contributed by atoms with van der Waals surface area (Å²) in [7, 11) is -4.10. The number of carbonyl (C=O) groups excluding carboxylic acids is 2. The average molecular weight is 411 g/mol. The third kappa shape index (κ3) is 5.97. The number of rotatable bonds is 7. The zero-order valence-electron chi connectivity index (χ0n) is 14.6. The molecule has 2 aromatic rings. The molecule has 7 nitrogen and oxygen atoms in total. The van der Waals surface area contributed by atoms with Gasteiger partial charge < -0.3 is 9.50 Å². The molecule has 0 radical (unpaired) electrons. The van der Waals surface area contributed by atoms with Crippen molar-refractivity contribution in [3.05, 3.63) is 54.1 Å². The molecule has 0 fully saturated rings. The van der Waals surface area contributed by atoms with Gasteiger partial charge in [0, 0.05) is 5.69 Å². The van der Waals surface area contributed by atoms with Crippen LogP contribution in [0.5, 0.6) is 5.75 Å². The van der Waals surface area contributed by atoms with Crippen LogP contribution in [0.15, 0.2) is 53.4 Å². The van der Waals surface area contributed by atoms with E-state index in [1.54, 1.807) is 12.1 Å². The highest BCUT2D eigenvalue weighted by Crippen LogP contribution is 2.25. The molecule has 27 heavy (non-hydrogen) atoms. The number of hydrogen-bond donors (Lipinski definition) is 2. The second kappa shape index (κ2) is 9.38. The minimum atomic E-state index is -4.10. The Morgan fingerprint density at radius 2 is 1.85 bits per heavy atom. The summed E-state index contributed by atoms with van der Waals surface area (Å²) in [5.41, 5.74) is 0.971. The van der Waals surface area contributed by atoms with E-state index in [-0.39, 0.29) is 22.2 Å². The number of halogens is 1. The Hall–Kier alpha value is -2.58. The second-order valence-corrected chi connectivity index (χ2v) is 7.37. The minimum Gasteiger partial charge on any atom is -0.379 e. The van der Waals surface area contributed by atoms with E-state index in [4.69, 9.17) is 15.8 Å². The maximum atomic E-state index is 12.6. The topological polar surface area (TPSA) is 102 Å². The van der Waals surface area contributed by atoms with Gasteiger partial charge in [-0.3, -0.25) is 10.1 Å². The minimum absolute atomic E-state index is 0.129. The van der Waals surface area contributed by atoms with Gasteiger partial charge in [-0.15, -0.1) is 11.6 Å². The van der Waals surface area contributed by atoms with Crippen LogP contribution in [0, 0.1) is 0 Å². The lowest BCUT2D eigenvalue weighted by Crippen LogP contribution is -2.35. The summed E-state index contributed by atoms with van der Waals surface area (Å²) < 4.78 is 30.5. The smallest absolute Gasteiger partial charge is 0.339 e. The average Bonchev–Trinajstić information content (AvgIpc) is 2.63. The second-order valence-electron chi connectivity index (χ2n) is 5.56. The summed E-state index contributed by atoms with van der Waals surface area (Å²) in [5, 5.41) is 4.36. The van der Waals surface area contributed by atoms with Gasteiger partial charge in [0.15, 0.2) is 0 Å². The molecule has 0 spiro atoms. The molecule has 0 aliphatic heterocycles. The Labute approximate surface area is 162 Å². The van der Waals surface area contributed by atoms with Crippen molar-refractivity contribution in [3.63, 3.8) is 0 Å². The van der Waals surface area contributed by atoms with E-state index in [1.807, 2.05) is 24.4 Å². The number of urea groups is 1. The van der Waals surface area contributed by atoms with Crippen molar-refractivity contribution in [2.24, 2.45) is 0 Å². The van der Waals surface area contributed by atoms with E-state index in [0.717, 1.165) is 12.0 Å². The lowest BCUT2D eigenvalue weighted by Gasteiger charge is -2.12. The first kappa shape index (κ1) is 20.7. The largest absolute Gasteiger partial charge is 0.379 e. The number of amides is 3. The van der Waals surface area contributed by atoms with Gasteiger partial charge in [-0.25, -0.2) is 4.79 Å². The molecule has 2 aromatic carbocycles. The van der Waals surface area contributed by atoms with Gasteiger partial charge in [-0.05, 0) is 36.2 Å². The van der Waals surface area contributed by atoms with Gasteiger partial charge in [0.1, 0.15) is 16.5 Å². The molecule has 0 atom stereocenters. The Morgan fingerprint density at radius 3 is 2.56 bits per heavy atom. The van der Waals surface area contributed by atoms with Gasteiger partial charge in [-0.1, -0.05) is 37.6 Å². The van der Waals surface area contributed by atoms with E-state index in [2.05, 4.69) is 5.32 Å². The summed E-state index contributed by atoms with van der Waals surface area (Å²) in [6.07, 6.45) is 1.53. The molecular formula is C18H19ClN2O5S. The van der Waals surface area contributed by atoms with Crippen LogP contribution < -0.4 is 14.8 Å². The first-order valence-corrected chi connectivity index (χ1v) is 10.1. The molecule has 3 amide bonds. The monoisotopic (exact) mass is 410 g/mol. The first-order valence-electron chi connectivity index (χ1n) is 8.15. The number of anilines is 1. The molecule has 0 heterocycles. The highest BCUT2D eigenvalue weighted by atomic mass is 35.5. The Kier molecular flexibility index (Phi) is 7.20. The van der Waals surface area contributed by atoms with Gasteiger partial charge in [-0.2, -0.15) is 8.42 Å². The van der Waals surface area contributed by atoms with E-state index in [1.165, 1.54) is 24.3 Å². The summed E-state index contributed by atoms with van der Waals surface area (Å²) >= 11 is 5.31. The Morgan fingerprint density at radius 1 is 1.11 bits per heavy atom. The number of hydrogen-bond acceptors (Lipinski definition) is 5. The molecule has 2 N–H and O–H groups in total. The zero-order valence-corrected chi connectivity index (χ0v) is 16.1. The van der Waals surface area contributed by atoms with Crippen molar-refractivity contribution in [2.45, 2.75) is 24.7 Å². The molecule has 0 aliphatic rings. The van der Waals surface area contributed by atoms with Crippen LogP contribution in [0.3, 0.4) is 0 Å². The van der Waals surface area contributed by atoms with Gasteiger partial charge in [0.2, 0.25) is 5.91 Å². The summed E-state index contributed by atoms with van der Waals surface area (Å²) in [6.45, 7) is 1.99. The lowest BCUT2D eigenvalue weighted by molar-refractivity contribution is -0.117. The van der Waals surface area contributed by atoms with Gasteiger partial charge in [0.05, 0.1) is 0 Å². The van der Waals surface area contributed by atoms with Crippen molar-refractivity contribution in [1.82, 2.24) is 5.32 Å². The van der Waals surface area contributed by atoms with Crippen molar-refractivity contribution in [1.29, 1.82) is 0 Å². The standard InChI is InChI=1S/C18H19ClN2O5S/c1-2-6-13-7-3-4-10-16(13)26-27(24,25)15-9-5-8-14(11-15)20-18(23)21-17(22)12-19/h3-5,7-11H,2,6,12H2,1H3,(H2,20,21,22,23). The van der Waals surface area contributed by atoms with E-state index >= 15 is 0 Å². The highest BCUT2D eigenvalue weighted by molar-refractivity contribution is 7.87. The predicted octanol–water partition coefficient (Wildman–Crippen LogP) is 3.29. The van der Waals surface area contributed by atoms with Crippen LogP contribution in [0.25, 0.3) is 0 Å². The zero-order chi connectivity index (χ0) is 19.9. The van der Waals surface area contributed by atoms with Crippen molar-refractivity contribution in [3.8, 4) is 5.75 Å². The fourth-order valence-corrected chi connectivity index (χ4v) is 3.36. The number of aryl methyl sites for hydroxylation is 1. The SMILES string of the molecule is CCCc1ccccc1OS(=O)(=O)c1cccc(NC(=O)NC(=O)CCl)c1. The maximum absolute atomic E-state index is 12.6. The third-order valence-electron chi connectivity index (χ3n) is 3.45. The number of para-hydroxylation sites is 1. The number of imide groups is 1. The lowest BCUT2D eigenvalue weighted by atomic mass is 10.1. The number of benzene rings is 2. The van der Waals surface area contributed by atoms with Gasteiger partial charge >= 0.3 is 16.1 Å². The molecule has 0 unspecified atom stereocenters. The van der Waals surface area contributed by atoms with Crippen LogP contribution in [0.2, 0.25) is 0 Å². The normalized spacial score (nSPS) is 10.9. The summed E-state index contributed by atoms with van der Waals surface area (Å²) in [4.78, 5) is 22.6. The van der Waals surface area contributed by atoms with Crippen molar-refractivity contribution in [2.75, 3.05) is 11.2 Å². The summed E-state index contributed by atoms with van der Waals surface area (Å²) in [6, 6.07) is 11.6. The number of alkyl halides is 1. The fraction of sp³-hybridized carbons (Fsp3) is 0.222. The molecule has 9 heteroatoms. The fourth-order valence-electron chi connectivity index (χ4n) is 2.28. The van der Waals surface area contributed by atoms with E-state index in [9.17, 15) is 18.0 Å². The van der Waals surface area contributed by atoms with Crippen LogP contribution in [-0.4, -0.2) is 26.2 Å². The Balaban J connectivity index is 2.20. The van der Waals surface area contributed by atoms with E-state index < -0.39 is 22.1 Å². The highest BCUT2D eigenvalue weighted by Gasteiger charge is 2.19. The molecular weight excluding hydrogens is 392 g/mol. The number of carbonyl (C=O) groups is 2. The number of nitrogens with one attached hydrogen (secondary N) is 2. The Bertz CT molecular complexity index is 931. The molecule has 0 bridgehead atoms. The van der Waals surface area contributed by atoms with E-state index in [0.29, 0.717) is 6.42 Å². The molecule has 2 rings (SSSR count). The van der Waals surface area contributed by atoms with Crippen LogP contribution in [-0.2, 0) is 21.3 Å². The van der Waals surface area contributed by atoms with Crippen LogP contribution in [0.4, 0.5) is 10.5 Å². The quantitative estimate of drug-likeness (QED) is 0.538. The van der Waals surface area contributed by atoms with Crippen molar-refractivity contribution < 1.29 is 22.2 Å². The third-order valence-corrected chi connectivity index (χ3v) is 4.92. The molecule has 0 saturated heterocycles. The molecule has 0 saturated carbocycles. The molecule has 0 aromatic heterocycles. The van der Waals surface area contributed by atoms with Crippen LogP contribution in [0.1, 0.15) is 18.9 Å². The molecule has 144 valence electrons. The maximum Gasteiger partial charge on any atom is 0.339 e. The summed E-state index contributed by atoms with van der Waals surface area (Å²) in [5.74, 6) is -0.774. The predicted molar refractivity (Wildman–Crippen MR) is 103 cm³/mol. The van der Waals surface area contributed by atoms with Crippen molar-refractivity contribution >= 4 is 39.3 Å². The van der Waals surface area contributed by atoms with Crippen LogP contribution >= 0.6 is 11.6 Å².